The van der Waals surface area contributed by atoms with E-state index in [2.05, 4.69) is 5.32 Å². The third-order valence-electron chi connectivity index (χ3n) is 3.20. The molecule has 0 bridgehead atoms. The van der Waals surface area contributed by atoms with Crippen LogP contribution in [0.1, 0.15) is 40.0 Å². The summed E-state index contributed by atoms with van der Waals surface area (Å²) >= 11 is 0. The molecule has 0 unspecified atom stereocenters. The third-order valence-corrected chi connectivity index (χ3v) is 3.20. The normalized spacial score (nSPS) is 21.4. The number of carboxylic acid groups (broad SMARTS) is 1. The summed E-state index contributed by atoms with van der Waals surface area (Å²) in [5, 5.41) is 12.2. The lowest BCUT2D eigenvalue weighted by atomic mass is 9.96. The number of carboxylic acids is 1. The predicted octanol–water partition coefficient (Wildman–Crippen LogP) is 0.840. The number of rotatable bonds is 4. The van der Waals surface area contributed by atoms with Gasteiger partial charge in [0, 0.05) is 6.54 Å². The maximum absolute atomic E-state index is 12.3. The number of hydrogen-bond acceptors (Lipinski definition) is 3. The first-order valence-electron chi connectivity index (χ1n) is 6.19. The molecule has 1 amide bonds. The van der Waals surface area contributed by atoms with Crippen LogP contribution in [0.25, 0.3) is 0 Å². The summed E-state index contributed by atoms with van der Waals surface area (Å²) < 4.78 is 0. The average Bonchev–Trinajstić information content (AvgIpc) is 2.28. The molecule has 1 aliphatic heterocycles. The van der Waals surface area contributed by atoms with Gasteiger partial charge in [0.1, 0.15) is 6.04 Å². The molecule has 1 heterocycles. The molecule has 0 aromatic rings. The Kier molecular flexibility index (Phi) is 4.51. The number of nitrogens with one attached hydrogen (secondary N) is 1. The second kappa shape index (κ2) is 5.49. The molecule has 5 nitrogen and oxygen atoms in total. The highest BCUT2D eigenvalue weighted by Crippen LogP contribution is 2.21. The topological polar surface area (TPSA) is 69.6 Å². The monoisotopic (exact) mass is 242 g/mol. The quantitative estimate of drug-likeness (QED) is 0.766. The Balaban J connectivity index is 2.81. The smallest absolute Gasteiger partial charge is 0.326 e. The highest BCUT2D eigenvalue weighted by Gasteiger charge is 2.38. The summed E-state index contributed by atoms with van der Waals surface area (Å²) in [5.41, 5.74) is -0.695. The number of hydrogen-bond donors (Lipinski definition) is 2. The zero-order chi connectivity index (χ0) is 13.1. The minimum Gasteiger partial charge on any atom is -0.480 e. The van der Waals surface area contributed by atoms with E-state index in [1.165, 1.54) is 4.90 Å². The predicted molar refractivity (Wildman–Crippen MR) is 64.7 cm³/mol. The van der Waals surface area contributed by atoms with Gasteiger partial charge >= 0.3 is 5.97 Å². The minimum absolute atomic E-state index is 0.119. The van der Waals surface area contributed by atoms with Crippen LogP contribution in [0.4, 0.5) is 0 Å². The molecule has 1 aliphatic rings. The van der Waals surface area contributed by atoms with Crippen molar-refractivity contribution in [3.8, 4) is 0 Å². The van der Waals surface area contributed by atoms with E-state index in [9.17, 15) is 9.59 Å². The van der Waals surface area contributed by atoms with Crippen molar-refractivity contribution in [3.05, 3.63) is 0 Å². The summed E-state index contributed by atoms with van der Waals surface area (Å²) in [5.74, 6) is -1.02. The summed E-state index contributed by atoms with van der Waals surface area (Å²) in [7, 11) is 0. The number of likely N-dealkylation sites (tertiary alicyclic amines) is 1. The van der Waals surface area contributed by atoms with Crippen LogP contribution in [0.2, 0.25) is 0 Å². The van der Waals surface area contributed by atoms with E-state index in [1.54, 1.807) is 13.8 Å². The Bertz CT molecular complexity index is 302. The van der Waals surface area contributed by atoms with E-state index in [1.807, 2.05) is 6.92 Å². The van der Waals surface area contributed by atoms with Crippen molar-refractivity contribution in [1.29, 1.82) is 0 Å². The first-order valence-corrected chi connectivity index (χ1v) is 6.19. The largest absolute Gasteiger partial charge is 0.480 e. The van der Waals surface area contributed by atoms with Crippen LogP contribution >= 0.6 is 0 Å². The lowest BCUT2D eigenvalue weighted by Gasteiger charge is -2.38. The summed E-state index contributed by atoms with van der Waals surface area (Å²) in [6.07, 6.45) is 2.32. The van der Waals surface area contributed by atoms with Crippen LogP contribution < -0.4 is 5.32 Å². The van der Waals surface area contributed by atoms with Gasteiger partial charge in [-0.1, -0.05) is 6.92 Å². The molecule has 1 atom stereocenters. The van der Waals surface area contributed by atoms with E-state index in [0.29, 0.717) is 19.5 Å². The molecule has 0 spiro atoms. The molecular weight excluding hydrogens is 220 g/mol. The van der Waals surface area contributed by atoms with Gasteiger partial charge in [0.2, 0.25) is 5.91 Å². The molecule has 2 N–H and O–H groups in total. The van der Waals surface area contributed by atoms with Crippen LogP contribution in [0.5, 0.6) is 0 Å². The van der Waals surface area contributed by atoms with Crippen LogP contribution in [-0.4, -0.2) is 46.6 Å². The molecule has 0 aromatic heterocycles. The SMILES string of the molecule is CCNC(C)(C)C(=O)N1CCCC[C@@H]1C(=O)O. The third kappa shape index (κ3) is 3.19. The van der Waals surface area contributed by atoms with Crippen molar-refractivity contribution in [2.24, 2.45) is 0 Å². The fourth-order valence-electron chi connectivity index (χ4n) is 2.31. The lowest BCUT2D eigenvalue weighted by Crippen LogP contribution is -2.59. The molecule has 0 aromatic carbocycles. The Labute approximate surface area is 102 Å². The Morgan fingerprint density at radius 3 is 2.59 bits per heavy atom. The van der Waals surface area contributed by atoms with Gasteiger partial charge in [-0.15, -0.1) is 0 Å². The standard InChI is InChI=1S/C12H22N2O3/c1-4-13-12(2,3)11(17)14-8-6-5-7-9(14)10(15)16/h9,13H,4-8H2,1-3H3,(H,15,16)/t9-/m1/s1. The van der Waals surface area contributed by atoms with Crippen molar-refractivity contribution in [1.82, 2.24) is 10.2 Å². The molecule has 98 valence electrons. The molecule has 0 radical (unpaired) electrons. The number of piperidine rings is 1. The minimum atomic E-state index is -0.898. The number of likely N-dealkylation sites (N-methyl/N-ethyl adjacent to an activating group) is 1. The highest BCUT2D eigenvalue weighted by atomic mass is 16.4. The van der Waals surface area contributed by atoms with Crippen molar-refractivity contribution < 1.29 is 14.7 Å². The van der Waals surface area contributed by atoms with E-state index in [4.69, 9.17) is 5.11 Å². The lowest BCUT2D eigenvalue weighted by molar-refractivity contribution is -0.154. The molecule has 5 heteroatoms. The van der Waals surface area contributed by atoms with E-state index >= 15 is 0 Å². The van der Waals surface area contributed by atoms with Gasteiger partial charge in [-0.25, -0.2) is 4.79 Å². The second-order valence-corrected chi connectivity index (χ2v) is 5.00. The van der Waals surface area contributed by atoms with Gasteiger partial charge in [-0.3, -0.25) is 4.79 Å². The maximum atomic E-state index is 12.3. The van der Waals surface area contributed by atoms with Crippen molar-refractivity contribution in [3.63, 3.8) is 0 Å². The average molecular weight is 242 g/mol. The molecule has 1 saturated heterocycles. The maximum Gasteiger partial charge on any atom is 0.326 e. The number of amides is 1. The van der Waals surface area contributed by atoms with Crippen molar-refractivity contribution in [2.45, 2.75) is 51.6 Å². The molecule has 0 saturated carbocycles. The number of carbonyl (C=O) groups is 2. The van der Waals surface area contributed by atoms with Crippen LogP contribution in [0.15, 0.2) is 0 Å². The van der Waals surface area contributed by atoms with Gasteiger partial charge in [-0.2, -0.15) is 0 Å². The Morgan fingerprint density at radius 2 is 2.06 bits per heavy atom. The van der Waals surface area contributed by atoms with Gasteiger partial charge < -0.3 is 15.3 Å². The second-order valence-electron chi connectivity index (χ2n) is 5.00. The van der Waals surface area contributed by atoms with Crippen molar-refractivity contribution in [2.75, 3.05) is 13.1 Å². The van der Waals surface area contributed by atoms with Gasteiger partial charge in [0.25, 0.3) is 0 Å². The Hall–Kier alpha value is -1.10. The molecule has 1 fully saturated rings. The van der Waals surface area contributed by atoms with Gasteiger partial charge in [-0.05, 0) is 39.7 Å². The van der Waals surface area contributed by atoms with E-state index in [-0.39, 0.29) is 5.91 Å². The summed E-state index contributed by atoms with van der Waals surface area (Å²) in [4.78, 5) is 25.0. The van der Waals surface area contributed by atoms with Crippen molar-refractivity contribution >= 4 is 11.9 Å². The zero-order valence-electron chi connectivity index (χ0n) is 10.8. The first-order chi connectivity index (χ1) is 7.90. The fraction of sp³-hybridized carbons (Fsp3) is 0.833. The highest BCUT2D eigenvalue weighted by molar-refractivity contribution is 5.89. The van der Waals surface area contributed by atoms with Crippen LogP contribution in [-0.2, 0) is 9.59 Å². The van der Waals surface area contributed by atoms with Crippen LogP contribution in [0, 0.1) is 0 Å². The van der Waals surface area contributed by atoms with Gasteiger partial charge in [0.15, 0.2) is 0 Å². The zero-order valence-corrected chi connectivity index (χ0v) is 10.8. The molecular formula is C12H22N2O3. The molecule has 1 rings (SSSR count). The fourth-order valence-corrected chi connectivity index (χ4v) is 2.31. The first kappa shape index (κ1) is 14.0. The summed E-state index contributed by atoms with van der Waals surface area (Å²) in [6, 6.07) is -0.658. The number of aliphatic carboxylic acids is 1. The number of nitrogens with zero attached hydrogens (tertiary/aromatic N) is 1. The number of carbonyl (C=O) groups excluding carboxylic acids is 1. The molecule has 17 heavy (non-hydrogen) atoms. The van der Waals surface area contributed by atoms with E-state index in [0.717, 1.165) is 12.8 Å². The molecule has 0 aliphatic carbocycles. The summed E-state index contributed by atoms with van der Waals surface area (Å²) in [6.45, 7) is 6.76. The van der Waals surface area contributed by atoms with Gasteiger partial charge in [0.05, 0.1) is 5.54 Å². The van der Waals surface area contributed by atoms with Crippen LogP contribution in [0.3, 0.4) is 0 Å². The Morgan fingerprint density at radius 1 is 1.41 bits per heavy atom. The van der Waals surface area contributed by atoms with E-state index < -0.39 is 17.6 Å².